The highest BCUT2D eigenvalue weighted by Crippen LogP contribution is 2.27. The first-order valence-electron chi connectivity index (χ1n) is 4.75. The lowest BCUT2D eigenvalue weighted by molar-refractivity contribution is -0.115. The maximum Gasteiger partial charge on any atom is 0.228 e. The van der Waals surface area contributed by atoms with Crippen molar-refractivity contribution in [1.29, 1.82) is 0 Å². The third-order valence-electron chi connectivity index (χ3n) is 2.51. The number of benzene rings is 1. The smallest absolute Gasteiger partial charge is 0.228 e. The van der Waals surface area contributed by atoms with Crippen molar-refractivity contribution in [1.82, 2.24) is 9.97 Å². The lowest BCUT2D eigenvalue weighted by Crippen LogP contribution is -2.03. The van der Waals surface area contributed by atoms with Crippen LogP contribution >= 0.6 is 0 Å². The van der Waals surface area contributed by atoms with Gasteiger partial charge in [-0.05, 0) is 11.6 Å². The van der Waals surface area contributed by atoms with E-state index in [2.05, 4.69) is 15.3 Å². The topological polar surface area (TPSA) is 57.8 Å². The van der Waals surface area contributed by atoms with Gasteiger partial charge in [0, 0.05) is 23.6 Å². The molecule has 2 N–H and O–H groups in total. The van der Waals surface area contributed by atoms with Gasteiger partial charge >= 0.3 is 0 Å². The number of fused-ring (bicyclic) bond motifs is 1. The van der Waals surface area contributed by atoms with Crippen LogP contribution in [-0.4, -0.2) is 15.9 Å². The van der Waals surface area contributed by atoms with E-state index in [0.717, 1.165) is 22.6 Å². The molecule has 2 heterocycles. The summed E-state index contributed by atoms with van der Waals surface area (Å²) in [6.45, 7) is 0. The van der Waals surface area contributed by atoms with Crippen molar-refractivity contribution in [2.24, 2.45) is 0 Å². The fraction of sp³-hybridized carbons (Fsp3) is 0.0909. The number of carbonyl (C=O) groups excluding carboxylic acids is 1. The first-order chi connectivity index (χ1) is 7.33. The second-order valence-electron chi connectivity index (χ2n) is 3.53. The number of carbonyl (C=O) groups is 1. The summed E-state index contributed by atoms with van der Waals surface area (Å²) in [5.41, 5.74) is 2.94. The molecule has 0 atom stereocenters. The Kier molecular flexibility index (Phi) is 1.62. The largest absolute Gasteiger partial charge is 0.345 e. The zero-order valence-corrected chi connectivity index (χ0v) is 7.95. The van der Waals surface area contributed by atoms with Crippen LogP contribution < -0.4 is 5.32 Å². The molecule has 3 rings (SSSR count). The van der Waals surface area contributed by atoms with Crippen molar-refractivity contribution < 1.29 is 4.79 Å². The first kappa shape index (κ1) is 8.23. The maximum absolute atomic E-state index is 11.2. The summed E-state index contributed by atoms with van der Waals surface area (Å²) in [5, 5.41) is 2.82. The molecule has 1 aromatic heterocycles. The molecule has 0 bridgehead atoms. The van der Waals surface area contributed by atoms with Gasteiger partial charge in [-0.15, -0.1) is 0 Å². The van der Waals surface area contributed by atoms with Gasteiger partial charge in [0.25, 0.3) is 0 Å². The van der Waals surface area contributed by atoms with Crippen LogP contribution in [0.2, 0.25) is 0 Å². The van der Waals surface area contributed by atoms with E-state index in [9.17, 15) is 4.79 Å². The number of hydrogen-bond acceptors (Lipinski definition) is 2. The Morgan fingerprint density at radius 3 is 3.07 bits per heavy atom. The van der Waals surface area contributed by atoms with Crippen LogP contribution in [0.25, 0.3) is 11.4 Å². The van der Waals surface area contributed by atoms with Gasteiger partial charge in [-0.1, -0.05) is 12.1 Å². The highest BCUT2D eigenvalue weighted by Gasteiger charge is 2.17. The van der Waals surface area contributed by atoms with Crippen LogP contribution in [0, 0.1) is 0 Å². The van der Waals surface area contributed by atoms with Gasteiger partial charge in [-0.3, -0.25) is 4.79 Å². The zero-order chi connectivity index (χ0) is 10.3. The zero-order valence-electron chi connectivity index (χ0n) is 7.95. The van der Waals surface area contributed by atoms with Crippen molar-refractivity contribution in [3.63, 3.8) is 0 Å². The number of nitrogens with one attached hydrogen (secondary N) is 2. The molecule has 0 radical (unpaired) electrons. The minimum absolute atomic E-state index is 0.0570. The van der Waals surface area contributed by atoms with E-state index in [0.29, 0.717) is 6.42 Å². The molecule has 0 unspecified atom stereocenters. The maximum atomic E-state index is 11.2. The lowest BCUT2D eigenvalue weighted by Gasteiger charge is -2.01. The van der Waals surface area contributed by atoms with Gasteiger partial charge in [0.05, 0.1) is 6.42 Å². The van der Waals surface area contributed by atoms with E-state index in [4.69, 9.17) is 0 Å². The molecule has 0 saturated carbocycles. The Morgan fingerprint density at radius 2 is 2.27 bits per heavy atom. The number of H-pyrrole nitrogens is 1. The summed E-state index contributed by atoms with van der Waals surface area (Å²) < 4.78 is 0. The van der Waals surface area contributed by atoms with Crippen LogP contribution in [0.5, 0.6) is 0 Å². The van der Waals surface area contributed by atoms with Crippen molar-refractivity contribution in [2.75, 3.05) is 5.32 Å². The average Bonchev–Trinajstić information content (AvgIpc) is 2.82. The highest BCUT2D eigenvalue weighted by atomic mass is 16.1. The Labute approximate surface area is 86.4 Å². The molecule has 0 fully saturated rings. The number of imidazole rings is 1. The number of aromatic amines is 1. The van der Waals surface area contributed by atoms with Crippen molar-refractivity contribution in [3.8, 4) is 11.4 Å². The van der Waals surface area contributed by atoms with Crippen LogP contribution in [0.4, 0.5) is 5.69 Å². The number of hydrogen-bond donors (Lipinski definition) is 2. The number of rotatable bonds is 1. The Hall–Kier alpha value is -2.10. The van der Waals surface area contributed by atoms with Gasteiger partial charge in [0.2, 0.25) is 5.91 Å². The predicted molar refractivity (Wildman–Crippen MR) is 56.4 cm³/mol. The van der Waals surface area contributed by atoms with Crippen LogP contribution in [0.3, 0.4) is 0 Å². The van der Waals surface area contributed by atoms with Crippen LogP contribution in [0.15, 0.2) is 30.6 Å². The number of aromatic nitrogens is 2. The Bertz CT molecular complexity index is 517. The van der Waals surface area contributed by atoms with Gasteiger partial charge in [-0.25, -0.2) is 4.98 Å². The van der Waals surface area contributed by atoms with Crippen molar-refractivity contribution in [2.45, 2.75) is 6.42 Å². The van der Waals surface area contributed by atoms with E-state index >= 15 is 0 Å². The molecule has 4 nitrogen and oxygen atoms in total. The van der Waals surface area contributed by atoms with E-state index in [1.54, 1.807) is 12.4 Å². The molecular weight excluding hydrogens is 190 g/mol. The Morgan fingerprint density at radius 1 is 1.33 bits per heavy atom. The predicted octanol–water partition coefficient (Wildman–Crippen LogP) is 1.57. The number of amides is 1. The number of nitrogens with zero attached hydrogens (tertiary/aromatic N) is 1. The third kappa shape index (κ3) is 1.30. The molecule has 1 amide bonds. The van der Waals surface area contributed by atoms with E-state index < -0.39 is 0 Å². The summed E-state index contributed by atoms with van der Waals surface area (Å²) >= 11 is 0. The van der Waals surface area contributed by atoms with Crippen molar-refractivity contribution in [3.05, 3.63) is 36.2 Å². The molecular formula is C11H9N3O. The number of anilines is 1. The summed E-state index contributed by atoms with van der Waals surface area (Å²) in [6, 6.07) is 5.88. The summed E-state index contributed by atoms with van der Waals surface area (Å²) in [4.78, 5) is 18.4. The van der Waals surface area contributed by atoms with Gasteiger partial charge in [0.1, 0.15) is 5.82 Å². The minimum Gasteiger partial charge on any atom is -0.345 e. The highest BCUT2D eigenvalue weighted by molar-refractivity contribution is 5.99. The second-order valence-corrected chi connectivity index (χ2v) is 3.53. The fourth-order valence-electron chi connectivity index (χ4n) is 1.78. The minimum atomic E-state index is 0.0570. The van der Waals surface area contributed by atoms with Crippen LogP contribution in [-0.2, 0) is 11.2 Å². The lowest BCUT2D eigenvalue weighted by atomic mass is 10.1. The normalized spacial score (nSPS) is 13.7. The molecule has 0 aliphatic carbocycles. The molecule has 0 spiro atoms. The Balaban J connectivity index is 2.07. The average molecular weight is 199 g/mol. The standard InChI is InChI=1S/C11H9N3O/c15-10-6-7-1-2-8(5-9(7)14-10)11-12-3-4-13-11/h1-5H,6H2,(H,12,13)(H,14,15). The van der Waals surface area contributed by atoms with E-state index in [1.165, 1.54) is 0 Å². The molecule has 4 heteroatoms. The first-order valence-corrected chi connectivity index (χ1v) is 4.75. The molecule has 15 heavy (non-hydrogen) atoms. The molecule has 1 aliphatic heterocycles. The monoisotopic (exact) mass is 199 g/mol. The van der Waals surface area contributed by atoms with Gasteiger partial charge < -0.3 is 10.3 Å². The molecule has 0 saturated heterocycles. The summed E-state index contributed by atoms with van der Waals surface area (Å²) in [6.07, 6.45) is 3.97. The summed E-state index contributed by atoms with van der Waals surface area (Å²) in [5.74, 6) is 0.876. The third-order valence-corrected chi connectivity index (χ3v) is 2.51. The quantitative estimate of drug-likeness (QED) is 0.732. The van der Waals surface area contributed by atoms with Gasteiger partial charge in [-0.2, -0.15) is 0 Å². The van der Waals surface area contributed by atoms with Crippen LogP contribution in [0.1, 0.15) is 5.56 Å². The van der Waals surface area contributed by atoms with E-state index in [-0.39, 0.29) is 5.91 Å². The summed E-state index contributed by atoms with van der Waals surface area (Å²) in [7, 11) is 0. The second kappa shape index (κ2) is 2.95. The molecule has 2 aromatic rings. The fourth-order valence-corrected chi connectivity index (χ4v) is 1.78. The molecule has 1 aromatic carbocycles. The van der Waals surface area contributed by atoms with Gasteiger partial charge in [0.15, 0.2) is 0 Å². The van der Waals surface area contributed by atoms with E-state index in [1.807, 2.05) is 18.2 Å². The molecule has 74 valence electrons. The van der Waals surface area contributed by atoms with Crippen molar-refractivity contribution >= 4 is 11.6 Å². The SMILES string of the molecule is O=C1Cc2ccc(-c3ncc[nH]3)cc2N1. The molecule has 1 aliphatic rings.